The lowest BCUT2D eigenvalue weighted by Crippen LogP contribution is -2.31. The number of hydrogen-bond donors (Lipinski definition) is 3. The fraction of sp³-hybridized carbons (Fsp3) is 0.643. The minimum Gasteiger partial charge on any atom is -0.381 e. The topological polar surface area (TPSA) is 71.3 Å². The van der Waals surface area contributed by atoms with Crippen molar-refractivity contribution in [2.24, 2.45) is 11.8 Å². The Morgan fingerprint density at radius 3 is 3.05 bits per heavy atom. The Bertz CT molecular complexity index is 385. The minimum absolute atomic E-state index is 0.0294. The molecule has 0 amide bonds. The molecular weight excluding hydrogens is 240 g/mol. The second-order valence-electron chi connectivity index (χ2n) is 5.09. The first-order chi connectivity index (χ1) is 9.33. The SMILES string of the molecule is N#CC1C=CC(CN2CNC=C2CCNCO)CC1. The van der Waals surface area contributed by atoms with E-state index in [1.54, 1.807) is 0 Å². The first-order valence-corrected chi connectivity index (χ1v) is 6.90. The number of allylic oxidation sites excluding steroid dienone is 1. The Balaban J connectivity index is 1.79. The normalized spacial score (nSPS) is 25.9. The lowest BCUT2D eigenvalue weighted by atomic mass is 9.89. The van der Waals surface area contributed by atoms with Crippen LogP contribution in [0.1, 0.15) is 19.3 Å². The summed E-state index contributed by atoms with van der Waals surface area (Å²) >= 11 is 0. The molecule has 0 aromatic heterocycles. The molecule has 0 spiro atoms. The van der Waals surface area contributed by atoms with Gasteiger partial charge in [0.25, 0.3) is 0 Å². The average molecular weight is 262 g/mol. The highest BCUT2D eigenvalue weighted by Crippen LogP contribution is 2.24. The summed E-state index contributed by atoms with van der Waals surface area (Å²) in [6.07, 6.45) is 9.29. The van der Waals surface area contributed by atoms with Crippen molar-refractivity contribution in [3.05, 3.63) is 24.0 Å². The highest BCUT2D eigenvalue weighted by Gasteiger charge is 2.21. The van der Waals surface area contributed by atoms with E-state index in [1.165, 1.54) is 5.70 Å². The zero-order valence-electron chi connectivity index (χ0n) is 11.2. The average Bonchev–Trinajstić information content (AvgIpc) is 2.87. The fourth-order valence-electron chi connectivity index (χ4n) is 2.59. The van der Waals surface area contributed by atoms with Crippen LogP contribution in [0.4, 0.5) is 0 Å². The molecule has 0 aromatic carbocycles. The number of nitrogens with zero attached hydrogens (tertiary/aromatic N) is 2. The lowest BCUT2D eigenvalue weighted by molar-refractivity contribution is 0.256. The van der Waals surface area contributed by atoms with E-state index in [-0.39, 0.29) is 12.6 Å². The minimum atomic E-state index is 0.0294. The number of nitrogens with one attached hydrogen (secondary N) is 2. The zero-order chi connectivity index (χ0) is 13.5. The van der Waals surface area contributed by atoms with E-state index in [2.05, 4.69) is 33.9 Å². The number of aliphatic hydroxyl groups is 1. The van der Waals surface area contributed by atoms with Gasteiger partial charge in [0.2, 0.25) is 0 Å². The largest absolute Gasteiger partial charge is 0.381 e. The molecule has 2 unspecified atom stereocenters. The van der Waals surface area contributed by atoms with Gasteiger partial charge in [0, 0.05) is 31.4 Å². The fourth-order valence-corrected chi connectivity index (χ4v) is 2.59. The summed E-state index contributed by atoms with van der Waals surface area (Å²) in [6.45, 7) is 2.69. The van der Waals surface area contributed by atoms with Crippen molar-refractivity contribution in [2.45, 2.75) is 19.3 Å². The third-order valence-corrected chi connectivity index (χ3v) is 3.71. The van der Waals surface area contributed by atoms with Gasteiger partial charge in [-0.05, 0) is 18.8 Å². The maximum atomic E-state index is 8.87. The van der Waals surface area contributed by atoms with Gasteiger partial charge in [0.15, 0.2) is 0 Å². The maximum Gasteiger partial charge on any atom is 0.0931 e. The van der Waals surface area contributed by atoms with Crippen LogP contribution in [-0.4, -0.2) is 36.5 Å². The van der Waals surface area contributed by atoms with Crippen LogP contribution in [0.3, 0.4) is 0 Å². The van der Waals surface area contributed by atoms with Gasteiger partial charge in [-0.15, -0.1) is 0 Å². The molecule has 0 radical (unpaired) electrons. The van der Waals surface area contributed by atoms with Crippen molar-refractivity contribution in [3.63, 3.8) is 0 Å². The first kappa shape index (κ1) is 13.9. The molecule has 2 rings (SSSR count). The number of aliphatic hydroxyl groups excluding tert-OH is 1. The maximum absolute atomic E-state index is 8.87. The molecule has 5 nitrogen and oxygen atoms in total. The second kappa shape index (κ2) is 7.17. The Morgan fingerprint density at radius 1 is 1.47 bits per heavy atom. The van der Waals surface area contributed by atoms with Gasteiger partial charge in [0.05, 0.1) is 25.4 Å². The molecule has 2 aliphatic rings. The Kier molecular flexibility index (Phi) is 5.25. The molecule has 19 heavy (non-hydrogen) atoms. The quantitative estimate of drug-likeness (QED) is 0.374. The lowest BCUT2D eigenvalue weighted by Gasteiger charge is -2.27. The van der Waals surface area contributed by atoms with Crippen molar-refractivity contribution in [1.29, 1.82) is 5.26 Å². The van der Waals surface area contributed by atoms with Gasteiger partial charge in [-0.3, -0.25) is 5.32 Å². The van der Waals surface area contributed by atoms with Crippen LogP contribution >= 0.6 is 0 Å². The van der Waals surface area contributed by atoms with E-state index in [1.807, 2.05) is 6.08 Å². The van der Waals surface area contributed by atoms with Crippen LogP contribution in [0.2, 0.25) is 0 Å². The van der Waals surface area contributed by atoms with Gasteiger partial charge in [-0.25, -0.2) is 0 Å². The molecule has 0 fully saturated rings. The Hall–Kier alpha value is -1.51. The molecule has 2 atom stereocenters. The number of rotatable bonds is 6. The number of nitriles is 1. The van der Waals surface area contributed by atoms with Crippen LogP contribution in [0, 0.1) is 23.2 Å². The van der Waals surface area contributed by atoms with E-state index in [9.17, 15) is 0 Å². The Morgan fingerprint density at radius 2 is 2.37 bits per heavy atom. The summed E-state index contributed by atoms with van der Waals surface area (Å²) in [5, 5.41) is 23.8. The van der Waals surface area contributed by atoms with E-state index in [4.69, 9.17) is 10.4 Å². The summed E-state index contributed by atoms with van der Waals surface area (Å²) in [7, 11) is 0. The molecular formula is C14H22N4O. The number of hydrogen-bond acceptors (Lipinski definition) is 5. The van der Waals surface area contributed by atoms with Gasteiger partial charge in [-0.1, -0.05) is 12.2 Å². The highest BCUT2D eigenvalue weighted by molar-refractivity contribution is 5.10. The second-order valence-corrected chi connectivity index (χ2v) is 5.09. The van der Waals surface area contributed by atoms with Gasteiger partial charge in [0.1, 0.15) is 0 Å². The summed E-state index contributed by atoms with van der Waals surface area (Å²) in [4.78, 5) is 2.35. The molecule has 5 heteroatoms. The van der Waals surface area contributed by atoms with E-state index in [0.29, 0.717) is 5.92 Å². The molecule has 0 saturated heterocycles. The highest BCUT2D eigenvalue weighted by atomic mass is 16.3. The molecule has 0 bridgehead atoms. The van der Waals surface area contributed by atoms with Crippen molar-refractivity contribution in [2.75, 3.05) is 26.5 Å². The van der Waals surface area contributed by atoms with Crippen molar-refractivity contribution < 1.29 is 5.11 Å². The third kappa shape index (κ3) is 3.98. The van der Waals surface area contributed by atoms with Crippen LogP contribution in [0.25, 0.3) is 0 Å². The van der Waals surface area contributed by atoms with Crippen LogP contribution < -0.4 is 10.6 Å². The van der Waals surface area contributed by atoms with E-state index < -0.39 is 0 Å². The van der Waals surface area contributed by atoms with Crippen LogP contribution in [0.5, 0.6) is 0 Å². The molecule has 3 N–H and O–H groups in total. The van der Waals surface area contributed by atoms with Gasteiger partial charge in [-0.2, -0.15) is 5.26 Å². The van der Waals surface area contributed by atoms with Crippen molar-refractivity contribution in [1.82, 2.24) is 15.5 Å². The van der Waals surface area contributed by atoms with E-state index in [0.717, 1.165) is 39.0 Å². The summed E-state index contributed by atoms with van der Waals surface area (Å²) in [6, 6.07) is 2.31. The van der Waals surface area contributed by atoms with E-state index >= 15 is 0 Å². The smallest absolute Gasteiger partial charge is 0.0931 e. The summed E-state index contributed by atoms with van der Waals surface area (Å²) in [5.41, 5.74) is 1.29. The van der Waals surface area contributed by atoms with Gasteiger partial charge >= 0.3 is 0 Å². The third-order valence-electron chi connectivity index (χ3n) is 3.71. The molecule has 1 aliphatic carbocycles. The molecule has 104 valence electrons. The van der Waals surface area contributed by atoms with Gasteiger partial charge < -0.3 is 15.3 Å². The summed E-state index contributed by atoms with van der Waals surface area (Å²) in [5.74, 6) is 0.649. The predicted octanol–water partition coefficient (Wildman–Crippen LogP) is 0.726. The van der Waals surface area contributed by atoms with Crippen LogP contribution in [-0.2, 0) is 0 Å². The zero-order valence-corrected chi connectivity index (χ0v) is 11.2. The molecule has 0 saturated carbocycles. The predicted molar refractivity (Wildman–Crippen MR) is 73.5 cm³/mol. The molecule has 1 heterocycles. The monoisotopic (exact) mass is 262 g/mol. The van der Waals surface area contributed by atoms with Crippen molar-refractivity contribution >= 4 is 0 Å². The first-order valence-electron chi connectivity index (χ1n) is 6.90. The summed E-state index contributed by atoms with van der Waals surface area (Å²) < 4.78 is 0. The van der Waals surface area contributed by atoms with Crippen molar-refractivity contribution in [3.8, 4) is 6.07 Å². The molecule has 0 aromatic rings. The standard InChI is InChI=1S/C14H22N4O/c15-7-12-1-3-13(4-2-12)9-18-10-17-8-14(18)5-6-16-11-19/h1,3,8,12-13,16-17,19H,2,4-6,9-11H2. The Labute approximate surface area is 114 Å². The molecule has 1 aliphatic heterocycles. The van der Waals surface area contributed by atoms with Crippen LogP contribution in [0.15, 0.2) is 24.0 Å².